The van der Waals surface area contributed by atoms with Crippen LogP contribution in [0.3, 0.4) is 0 Å². The first-order chi connectivity index (χ1) is 19.9. The number of para-hydroxylation sites is 1. The number of ether oxygens (including phenoxy) is 1. The zero-order valence-corrected chi connectivity index (χ0v) is 24.5. The lowest BCUT2D eigenvalue weighted by Gasteiger charge is -2.23. The van der Waals surface area contributed by atoms with Crippen LogP contribution in [0.2, 0.25) is 0 Å². The maximum atomic E-state index is 13.6. The molecule has 2 heterocycles. The Bertz CT molecular complexity index is 1890. The molecular formula is C33H34N4O5. The number of hydrogen-bond donors (Lipinski definition) is 1. The van der Waals surface area contributed by atoms with Crippen LogP contribution in [0.1, 0.15) is 76.7 Å². The van der Waals surface area contributed by atoms with Crippen LogP contribution < -0.4 is 17.0 Å². The molecule has 2 aromatic heterocycles. The van der Waals surface area contributed by atoms with Crippen molar-refractivity contribution in [1.29, 1.82) is 0 Å². The summed E-state index contributed by atoms with van der Waals surface area (Å²) in [4.78, 5) is 56.4. The van der Waals surface area contributed by atoms with Gasteiger partial charge in [-0.15, -0.1) is 0 Å². The lowest BCUT2D eigenvalue weighted by molar-refractivity contribution is 0.0475. The highest BCUT2D eigenvalue weighted by molar-refractivity contribution is 6.08. The molecule has 2 aromatic carbocycles. The summed E-state index contributed by atoms with van der Waals surface area (Å²) in [5, 5.41) is 0.627. The van der Waals surface area contributed by atoms with Crippen LogP contribution in [0, 0.1) is 0 Å². The zero-order chi connectivity index (χ0) is 30.3. The van der Waals surface area contributed by atoms with Crippen LogP contribution in [-0.2, 0) is 30.7 Å². The number of rotatable bonds is 5. The highest BCUT2D eigenvalue weighted by Gasteiger charge is 2.28. The van der Waals surface area contributed by atoms with Crippen molar-refractivity contribution in [1.82, 2.24) is 14.1 Å². The van der Waals surface area contributed by atoms with E-state index in [1.54, 1.807) is 0 Å². The van der Waals surface area contributed by atoms with Crippen LogP contribution in [0.15, 0.2) is 58.1 Å². The van der Waals surface area contributed by atoms with Crippen molar-refractivity contribution in [3.05, 3.63) is 103 Å². The fourth-order valence-electron chi connectivity index (χ4n) is 5.39. The molecule has 2 N–H and O–H groups in total. The van der Waals surface area contributed by atoms with E-state index in [0.717, 1.165) is 44.4 Å². The Balaban J connectivity index is 1.52. The van der Waals surface area contributed by atoms with Crippen molar-refractivity contribution in [2.24, 2.45) is 14.1 Å². The second kappa shape index (κ2) is 10.9. The second-order valence-electron chi connectivity index (χ2n) is 11.7. The minimum absolute atomic E-state index is 0.0516. The van der Waals surface area contributed by atoms with Gasteiger partial charge in [0.1, 0.15) is 11.4 Å². The van der Waals surface area contributed by atoms with Crippen molar-refractivity contribution in [2.75, 3.05) is 12.3 Å². The van der Waals surface area contributed by atoms with Crippen molar-refractivity contribution < 1.29 is 14.3 Å². The molecule has 0 unspecified atom stereocenters. The minimum atomic E-state index is -0.839. The molecule has 9 heteroatoms. The molecule has 5 rings (SSSR count). The summed E-state index contributed by atoms with van der Waals surface area (Å²) in [6, 6.07) is 15.8. The summed E-state index contributed by atoms with van der Waals surface area (Å²) in [5.74, 6) is -1.75. The third-order valence-electron chi connectivity index (χ3n) is 7.82. The van der Waals surface area contributed by atoms with Crippen molar-refractivity contribution >= 4 is 40.1 Å². The number of ketones is 1. The summed E-state index contributed by atoms with van der Waals surface area (Å²) in [5.41, 5.74) is 9.92. The predicted molar refractivity (Wildman–Crippen MR) is 164 cm³/mol. The summed E-state index contributed by atoms with van der Waals surface area (Å²) in [6.07, 6.45) is 4.37. The number of pyridine rings is 1. The Morgan fingerprint density at radius 3 is 2.36 bits per heavy atom. The molecule has 1 aliphatic carbocycles. The third-order valence-corrected chi connectivity index (χ3v) is 7.82. The van der Waals surface area contributed by atoms with E-state index >= 15 is 0 Å². The number of nitrogens with zero attached hydrogens (tertiary/aromatic N) is 3. The first-order valence-electron chi connectivity index (χ1n) is 13.9. The quantitative estimate of drug-likeness (QED) is 0.280. The van der Waals surface area contributed by atoms with Crippen molar-refractivity contribution in [2.45, 2.75) is 45.4 Å². The molecule has 0 radical (unpaired) electrons. The van der Waals surface area contributed by atoms with Crippen LogP contribution in [0.4, 0.5) is 5.82 Å². The molecule has 9 nitrogen and oxygen atoms in total. The zero-order valence-electron chi connectivity index (χ0n) is 24.5. The van der Waals surface area contributed by atoms with Crippen LogP contribution in [0.5, 0.6) is 0 Å². The Hall–Kier alpha value is -4.79. The molecule has 1 aliphatic rings. The molecule has 42 heavy (non-hydrogen) atoms. The van der Waals surface area contributed by atoms with E-state index < -0.39 is 35.2 Å². The highest BCUT2D eigenvalue weighted by Crippen LogP contribution is 2.36. The number of fused-ring (bicyclic) bond motifs is 2. The molecule has 0 bridgehead atoms. The minimum Gasteiger partial charge on any atom is -0.454 e. The van der Waals surface area contributed by atoms with E-state index in [9.17, 15) is 19.2 Å². The number of esters is 1. The molecule has 0 amide bonds. The standard InChI is InChI=1S/C33H34N4O5/c1-33(2,3)21-15-13-19(14-16-21)17-20-9-8-11-23-26(22-10-6-7-12-24(22)35-28(20)23)31(40)42-18-25(38)27-29(34)36(4)32(41)37(5)30(27)39/h6-7,10,12-17H,8-9,11,18,34H2,1-5H3/b20-17+. The number of hydrogen-bond acceptors (Lipinski definition) is 7. The van der Waals surface area contributed by atoms with Gasteiger partial charge in [-0.1, -0.05) is 63.2 Å². The number of anilines is 1. The summed E-state index contributed by atoms with van der Waals surface area (Å²) < 4.78 is 7.31. The monoisotopic (exact) mass is 566 g/mol. The van der Waals surface area contributed by atoms with Crippen molar-refractivity contribution in [3.8, 4) is 0 Å². The van der Waals surface area contributed by atoms with Gasteiger partial charge in [0.25, 0.3) is 5.56 Å². The van der Waals surface area contributed by atoms with E-state index in [0.29, 0.717) is 22.9 Å². The van der Waals surface area contributed by atoms with Gasteiger partial charge in [0.05, 0.1) is 16.8 Å². The van der Waals surface area contributed by atoms with E-state index in [-0.39, 0.29) is 11.2 Å². The molecule has 0 fully saturated rings. The van der Waals surface area contributed by atoms with Crippen LogP contribution >= 0.6 is 0 Å². The molecule has 216 valence electrons. The largest absolute Gasteiger partial charge is 0.454 e. The molecule has 4 aromatic rings. The Morgan fingerprint density at radius 1 is 0.976 bits per heavy atom. The topological polar surface area (TPSA) is 126 Å². The maximum absolute atomic E-state index is 13.6. The molecule has 0 spiro atoms. The normalized spacial score (nSPS) is 14.2. The summed E-state index contributed by atoms with van der Waals surface area (Å²) >= 11 is 0. The fourth-order valence-corrected chi connectivity index (χ4v) is 5.39. The SMILES string of the molecule is Cn1c(N)c(C(=O)COC(=O)c2c3c(nc4ccccc24)/C(=C/c2ccc(C(C)(C)C)cc2)CCC3)c(=O)n(C)c1=O. The third kappa shape index (κ3) is 5.18. The Morgan fingerprint density at radius 2 is 1.67 bits per heavy atom. The van der Waals surface area contributed by atoms with E-state index in [2.05, 4.69) is 51.1 Å². The van der Waals surface area contributed by atoms with Gasteiger partial charge in [0.2, 0.25) is 5.78 Å². The van der Waals surface area contributed by atoms with Gasteiger partial charge in [-0.3, -0.25) is 18.7 Å². The number of nitrogens with two attached hydrogens (primary N) is 1. The lowest BCUT2D eigenvalue weighted by atomic mass is 9.85. The van der Waals surface area contributed by atoms with Gasteiger partial charge in [-0.05, 0) is 59.1 Å². The van der Waals surface area contributed by atoms with Gasteiger partial charge in [-0.2, -0.15) is 0 Å². The van der Waals surface area contributed by atoms with E-state index in [4.69, 9.17) is 15.5 Å². The number of nitrogen functional groups attached to an aromatic ring is 1. The molecular weight excluding hydrogens is 532 g/mol. The smallest absolute Gasteiger partial charge is 0.339 e. The first-order valence-corrected chi connectivity index (χ1v) is 13.9. The summed E-state index contributed by atoms with van der Waals surface area (Å²) in [6.45, 7) is 5.83. The highest BCUT2D eigenvalue weighted by atomic mass is 16.5. The average Bonchev–Trinajstić information content (AvgIpc) is 2.97. The number of Topliss-reactive ketones (excluding diaryl/α,β-unsaturated/α-hetero) is 1. The number of carbonyl (C=O) groups is 2. The fraction of sp³-hybridized carbons (Fsp3) is 0.303. The van der Waals surface area contributed by atoms with Gasteiger partial charge >= 0.3 is 11.7 Å². The molecule has 0 saturated heterocycles. The number of aromatic nitrogens is 3. The Labute approximate surface area is 243 Å². The average molecular weight is 567 g/mol. The van der Waals surface area contributed by atoms with Gasteiger partial charge in [-0.25, -0.2) is 14.6 Å². The maximum Gasteiger partial charge on any atom is 0.339 e. The molecule has 0 saturated carbocycles. The summed E-state index contributed by atoms with van der Waals surface area (Å²) in [7, 11) is 2.62. The Kier molecular flexibility index (Phi) is 7.45. The molecule has 0 atom stereocenters. The number of allylic oxidation sites excluding steroid dienone is 1. The number of carbonyl (C=O) groups excluding carboxylic acids is 2. The predicted octanol–water partition coefficient (Wildman–Crippen LogP) is 4.43. The lowest BCUT2D eigenvalue weighted by Crippen LogP contribution is -2.42. The molecule has 0 aliphatic heterocycles. The van der Waals surface area contributed by atoms with E-state index in [1.165, 1.54) is 19.7 Å². The first kappa shape index (κ1) is 28.7. The van der Waals surface area contributed by atoms with Crippen molar-refractivity contribution in [3.63, 3.8) is 0 Å². The van der Waals surface area contributed by atoms with Gasteiger partial charge in [0.15, 0.2) is 6.61 Å². The van der Waals surface area contributed by atoms with Gasteiger partial charge < -0.3 is 10.5 Å². The second-order valence-corrected chi connectivity index (χ2v) is 11.7. The number of benzene rings is 2. The van der Waals surface area contributed by atoms with E-state index in [1.807, 2.05) is 24.3 Å². The van der Waals surface area contributed by atoms with Crippen LogP contribution in [0.25, 0.3) is 22.6 Å². The van der Waals surface area contributed by atoms with Gasteiger partial charge in [0, 0.05) is 19.5 Å². The van der Waals surface area contributed by atoms with Crippen LogP contribution in [-0.4, -0.2) is 32.5 Å².